The average molecular weight is 677 g/mol. The largest absolute Gasteiger partial charge is 3.00 e. The second-order valence-electron chi connectivity index (χ2n) is 8.03. The Bertz CT molecular complexity index is 623. The molecule has 204 valence electrons. The van der Waals surface area contributed by atoms with Gasteiger partial charge in [0.2, 0.25) is 0 Å². The van der Waals surface area contributed by atoms with E-state index in [1.165, 1.54) is 0 Å². The van der Waals surface area contributed by atoms with Crippen LogP contribution in [0.25, 0.3) is 0 Å². The van der Waals surface area contributed by atoms with Crippen molar-refractivity contribution in [3.63, 3.8) is 0 Å². The summed E-state index contributed by atoms with van der Waals surface area (Å²) in [7, 11) is -11.9. The van der Waals surface area contributed by atoms with E-state index in [0.717, 1.165) is 77.0 Å². The summed E-state index contributed by atoms with van der Waals surface area (Å²) in [5.41, 5.74) is 0. The molecule has 0 radical (unpaired) electrons. The van der Waals surface area contributed by atoms with Gasteiger partial charge in [0, 0.05) is 17.3 Å². The first-order valence-corrected chi connectivity index (χ1v) is 16.7. The quantitative estimate of drug-likeness (QED) is 0.150. The molecule has 0 aliphatic rings. The Balaban J connectivity index is -0.000000196. The van der Waals surface area contributed by atoms with Gasteiger partial charge in [0.05, 0.1) is 30.4 Å². The van der Waals surface area contributed by atoms with Crippen molar-refractivity contribution in [3.05, 3.63) is 0 Å². The van der Waals surface area contributed by atoms with Crippen LogP contribution in [0.1, 0.15) is 117 Å². The summed E-state index contributed by atoms with van der Waals surface area (Å²) in [4.78, 5) is 0. The Morgan fingerprint density at radius 1 is 0.382 bits per heavy atom. The van der Waals surface area contributed by atoms with Crippen molar-refractivity contribution in [2.24, 2.45) is 0 Å². The molecule has 0 amide bonds. The van der Waals surface area contributed by atoms with Gasteiger partial charge in [-0.25, -0.2) is 25.3 Å². The summed E-state index contributed by atoms with van der Waals surface area (Å²) in [5.74, 6) is -0.593. The maximum absolute atomic E-state index is 10.1. The summed E-state index contributed by atoms with van der Waals surface area (Å²) >= 11 is 0. The topological polar surface area (TPSA) is 172 Å². The summed E-state index contributed by atoms with van der Waals surface area (Å²) in [6, 6.07) is 0. The van der Waals surface area contributed by atoms with Crippen molar-refractivity contribution in [1.82, 2.24) is 0 Å². The van der Waals surface area contributed by atoms with Gasteiger partial charge in [-0.15, -0.1) is 0 Å². The summed E-state index contributed by atoms with van der Waals surface area (Å²) < 4.78 is 91.0. The predicted molar refractivity (Wildman–Crippen MR) is 130 cm³/mol. The van der Waals surface area contributed by atoms with Crippen molar-refractivity contribution in [3.8, 4) is 0 Å². The molecule has 0 spiro atoms. The molecule has 0 heterocycles. The maximum atomic E-state index is 10.1. The first-order valence-electron chi connectivity index (χ1n) is 12.0. The van der Waals surface area contributed by atoms with Gasteiger partial charge < -0.3 is 13.7 Å². The van der Waals surface area contributed by atoms with Crippen molar-refractivity contribution >= 4 is 30.4 Å². The number of hydrogen-bond acceptors (Lipinski definition) is 9. The van der Waals surface area contributed by atoms with Crippen LogP contribution in [-0.4, -0.2) is 56.2 Å². The minimum absolute atomic E-state index is 0. The Labute approximate surface area is 237 Å². The summed E-state index contributed by atoms with van der Waals surface area (Å²) in [5, 5.41) is 0. The molecule has 0 saturated heterocycles. The summed E-state index contributed by atoms with van der Waals surface area (Å²) in [6.07, 6.45) is 14.0. The minimum atomic E-state index is -3.96. The van der Waals surface area contributed by atoms with Crippen molar-refractivity contribution in [2.45, 2.75) is 117 Å². The standard InChI is InChI=1S/3C7H16O3S.La/c3*1-2-3-4-5-6-7-11(8,9)10;/h3*2-7H2,1H3,(H,8,9,10);/q;;;+3/p-3. The molecule has 0 N–H and O–H groups in total. The smallest absolute Gasteiger partial charge is 0.748 e. The van der Waals surface area contributed by atoms with Crippen LogP contribution in [0.3, 0.4) is 0 Å². The zero-order valence-corrected chi connectivity index (χ0v) is 27.3. The molecule has 9 nitrogen and oxygen atoms in total. The predicted octanol–water partition coefficient (Wildman–Crippen LogP) is 4.51. The molecule has 0 aliphatic carbocycles. The zero-order valence-electron chi connectivity index (χ0n) is 21.2. The third kappa shape index (κ3) is 54.0. The van der Waals surface area contributed by atoms with E-state index in [-0.39, 0.29) is 52.9 Å². The van der Waals surface area contributed by atoms with Crippen LogP contribution in [0.4, 0.5) is 0 Å². The van der Waals surface area contributed by atoms with Crippen LogP contribution < -0.4 is 0 Å². The monoisotopic (exact) mass is 676 g/mol. The van der Waals surface area contributed by atoms with Crippen LogP contribution in [0.5, 0.6) is 0 Å². The molecule has 0 atom stereocenters. The van der Waals surface area contributed by atoms with Crippen LogP contribution >= 0.6 is 0 Å². The van der Waals surface area contributed by atoms with E-state index in [1.54, 1.807) is 0 Å². The van der Waals surface area contributed by atoms with Gasteiger partial charge in [0.15, 0.2) is 0 Å². The fourth-order valence-corrected chi connectivity index (χ4v) is 4.32. The molecular weight excluding hydrogens is 631 g/mol. The fourth-order valence-electron chi connectivity index (χ4n) is 2.65. The number of hydrogen-bond donors (Lipinski definition) is 0. The molecule has 0 aliphatic heterocycles. The fraction of sp³-hybridized carbons (Fsp3) is 1.00. The van der Waals surface area contributed by atoms with E-state index in [9.17, 15) is 38.9 Å². The third-order valence-corrected chi connectivity index (χ3v) is 6.86. The molecule has 0 rings (SSSR count). The van der Waals surface area contributed by atoms with Gasteiger partial charge >= 0.3 is 35.6 Å². The second kappa shape index (κ2) is 27.0. The van der Waals surface area contributed by atoms with E-state index in [1.807, 2.05) is 0 Å². The minimum Gasteiger partial charge on any atom is -0.748 e. The van der Waals surface area contributed by atoms with E-state index in [0.29, 0.717) is 19.3 Å². The average Bonchev–Trinajstić information content (AvgIpc) is 2.66. The van der Waals surface area contributed by atoms with E-state index < -0.39 is 30.4 Å². The van der Waals surface area contributed by atoms with Crippen molar-refractivity contribution in [1.29, 1.82) is 0 Å². The third-order valence-electron chi connectivity index (χ3n) is 4.49. The van der Waals surface area contributed by atoms with E-state index >= 15 is 0 Å². The van der Waals surface area contributed by atoms with Crippen molar-refractivity contribution in [2.75, 3.05) is 17.3 Å². The van der Waals surface area contributed by atoms with Gasteiger partial charge in [-0.05, 0) is 19.3 Å². The Kier molecular flexibility index (Phi) is 33.3. The van der Waals surface area contributed by atoms with Crippen LogP contribution in [0.15, 0.2) is 0 Å². The molecular formula is C21H45LaO9S3. The molecule has 0 aromatic rings. The first-order chi connectivity index (χ1) is 15.2. The van der Waals surface area contributed by atoms with Crippen molar-refractivity contribution < 1.29 is 74.5 Å². The van der Waals surface area contributed by atoms with Gasteiger partial charge in [0.1, 0.15) is 0 Å². The first kappa shape index (κ1) is 42.0. The molecule has 0 aromatic heterocycles. The second-order valence-corrected chi connectivity index (χ2v) is 12.6. The molecule has 0 aromatic carbocycles. The van der Waals surface area contributed by atoms with Crippen LogP contribution in [0.2, 0.25) is 0 Å². The number of rotatable bonds is 18. The van der Waals surface area contributed by atoms with Gasteiger partial charge in [-0.3, -0.25) is 0 Å². The van der Waals surface area contributed by atoms with Gasteiger partial charge in [-0.2, -0.15) is 0 Å². The Morgan fingerprint density at radius 3 is 0.706 bits per heavy atom. The molecule has 0 saturated carbocycles. The maximum Gasteiger partial charge on any atom is 3.00 e. The molecule has 34 heavy (non-hydrogen) atoms. The number of unbranched alkanes of at least 4 members (excludes halogenated alkanes) is 12. The Hall–Kier alpha value is 0.925. The Morgan fingerprint density at radius 2 is 0.559 bits per heavy atom. The van der Waals surface area contributed by atoms with Gasteiger partial charge in [0.25, 0.3) is 0 Å². The molecule has 13 heteroatoms. The van der Waals surface area contributed by atoms with E-state index in [4.69, 9.17) is 0 Å². The van der Waals surface area contributed by atoms with Crippen LogP contribution in [0, 0.1) is 35.6 Å². The SMILES string of the molecule is CCCCCCCS(=O)(=O)[O-].CCCCCCCS(=O)(=O)[O-].CCCCCCCS(=O)(=O)[O-].[La+3]. The molecule has 0 bridgehead atoms. The van der Waals surface area contributed by atoms with Crippen LogP contribution in [-0.2, 0) is 30.4 Å². The van der Waals surface area contributed by atoms with Gasteiger partial charge in [-0.1, -0.05) is 97.8 Å². The summed E-state index contributed by atoms with van der Waals surface area (Å²) in [6.45, 7) is 6.26. The molecule has 0 fully saturated rings. The zero-order chi connectivity index (χ0) is 26.2. The normalized spacial score (nSPS) is 11.5. The molecule has 0 unspecified atom stereocenters. The van der Waals surface area contributed by atoms with E-state index in [2.05, 4.69) is 20.8 Å².